The number of carbonyl (C=O) groups is 1. The van der Waals surface area contributed by atoms with Gasteiger partial charge in [0.25, 0.3) is 0 Å². The Kier molecular flexibility index (Phi) is 4.64. The molecule has 2 fully saturated rings. The average Bonchev–Trinajstić information content (AvgIpc) is 3.17. The Morgan fingerprint density at radius 1 is 1.56 bits per heavy atom. The van der Waals surface area contributed by atoms with E-state index in [1.54, 1.807) is 12.1 Å². The van der Waals surface area contributed by atoms with E-state index in [4.69, 9.17) is 28.8 Å². The second-order valence-electron chi connectivity index (χ2n) is 6.37. The van der Waals surface area contributed by atoms with Crippen LogP contribution in [0.1, 0.15) is 19.6 Å². The summed E-state index contributed by atoms with van der Waals surface area (Å²) in [6.45, 7) is 1.35. The molecule has 2 saturated heterocycles. The van der Waals surface area contributed by atoms with Crippen LogP contribution in [0.4, 0.5) is 5.95 Å². The molecular weight excluding hydrogens is 380 g/mol. The van der Waals surface area contributed by atoms with E-state index in [2.05, 4.69) is 15.0 Å². The second kappa shape index (κ2) is 6.84. The van der Waals surface area contributed by atoms with Gasteiger partial charge in [-0.05, 0) is 0 Å². The Bertz CT molecular complexity index is 937. The Hall–Kier alpha value is -2.05. The molecule has 27 heavy (non-hydrogen) atoms. The molecule has 0 aromatic carbocycles. The maximum atomic E-state index is 11.9. The number of ether oxygens (including phenoxy) is 2. The SMILES string of the molecule is B[PH]1(OCOC(C)=O)OC[C@H]2O[C@@H](n3cnc4c(=O)[nH]c(N)nc43)C[C@H]2O1. The van der Waals surface area contributed by atoms with Gasteiger partial charge in [0.15, 0.2) is 0 Å². The summed E-state index contributed by atoms with van der Waals surface area (Å²) in [5.41, 5.74) is 5.74. The minimum absolute atomic E-state index is 0.00287. The van der Waals surface area contributed by atoms with E-state index in [0.29, 0.717) is 12.1 Å². The predicted octanol–water partition coefficient (Wildman–Crippen LogP) is -1.02. The molecule has 0 unspecified atom stereocenters. The van der Waals surface area contributed by atoms with Gasteiger partial charge in [-0.1, -0.05) is 0 Å². The number of imidazole rings is 1. The molecule has 2 aromatic rings. The Morgan fingerprint density at radius 3 is 3.15 bits per heavy atom. The molecule has 0 spiro atoms. The first-order chi connectivity index (χ1) is 12.8. The Morgan fingerprint density at radius 2 is 2.37 bits per heavy atom. The van der Waals surface area contributed by atoms with Crippen molar-refractivity contribution in [3.8, 4) is 0 Å². The van der Waals surface area contributed by atoms with E-state index < -0.39 is 25.6 Å². The van der Waals surface area contributed by atoms with Crippen molar-refractivity contribution in [1.82, 2.24) is 19.5 Å². The van der Waals surface area contributed by atoms with Crippen molar-refractivity contribution in [1.29, 1.82) is 0 Å². The molecule has 12 nitrogen and oxygen atoms in total. The number of nitrogens with one attached hydrogen (secondary N) is 1. The zero-order chi connectivity index (χ0) is 19.2. The van der Waals surface area contributed by atoms with E-state index in [0.717, 1.165) is 0 Å². The fraction of sp³-hybridized carbons (Fsp3) is 0.538. The van der Waals surface area contributed by atoms with Gasteiger partial charge in [0.2, 0.25) is 0 Å². The molecule has 0 saturated carbocycles. The molecule has 4 rings (SSSR count). The van der Waals surface area contributed by atoms with Crippen molar-refractivity contribution in [2.45, 2.75) is 31.8 Å². The molecule has 3 atom stereocenters. The molecule has 14 heteroatoms. The van der Waals surface area contributed by atoms with E-state index in [1.807, 2.05) is 0 Å². The monoisotopic (exact) mass is 399 g/mol. The molecule has 0 aliphatic carbocycles. The van der Waals surface area contributed by atoms with Crippen molar-refractivity contribution in [3.63, 3.8) is 0 Å². The van der Waals surface area contributed by atoms with Crippen molar-refractivity contribution in [3.05, 3.63) is 16.7 Å². The van der Waals surface area contributed by atoms with Gasteiger partial charge < -0.3 is 0 Å². The van der Waals surface area contributed by atoms with Crippen LogP contribution in [-0.4, -0.2) is 58.7 Å². The van der Waals surface area contributed by atoms with Gasteiger partial charge in [-0.25, -0.2) is 0 Å². The van der Waals surface area contributed by atoms with Crippen LogP contribution < -0.4 is 11.3 Å². The van der Waals surface area contributed by atoms with Crippen molar-refractivity contribution < 1.29 is 27.8 Å². The van der Waals surface area contributed by atoms with Crippen molar-refractivity contribution in [2.24, 2.45) is 0 Å². The minimum atomic E-state index is -2.95. The van der Waals surface area contributed by atoms with Gasteiger partial charge in [0, 0.05) is 0 Å². The fourth-order valence-corrected chi connectivity index (χ4v) is 4.89. The number of nitrogens with zero attached hydrogens (tertiary/aromatic N) is 3. The van der Waals surface area contributed by atoms with Gasteiger partial charge in [-0.2, -0.15) is 0 Å². The Labute approximate surface area is 154 Å². The topological polar surface area (TPSA) is 153 Å². The quantitative estimate of drug-likeness (QED) is 0.283. The number of hydrogen-bond donors (Lipinski definition) is 2. The molecule has 4 heterocycles. The molecule has 2 aliphatic rings. The number of aromatic amines is 1. The van der Waals surface area contributed by atoms with Gasteiger partial charge in [0.1, 0.15) is 0 Å². The van der Waals surface area contributed by atoms with Crippen LogP contribution in [0.5, 0.6) is 0 Å². The first-order valence-electron chi connectivity index (χ1n) is 8.31. The summed E-state index contributed by atoms with van der Waals surface area (Å²) in [7, 11) is -1.22. The van der Waals surface area contributed by atoms with E-state index in [9.17, 15) is 9.59 Å². The fourth-order valence-electron chi connectivity index (χ4n) is 3.14. The maximum absolute atomic E-state index is 11.9. The third kappa shape index (κ3) is 3.56. The van der Waals surface area contributed by atoms with Crippen molar-refractivity contribution in [2.75, 3.05) is 19.1 Å². The van der Waals surface area contributed by atoms with Crippen LogP contribution in [0.25, 0.3) is 11.2 Å². The number of H-pyrrole nitrogens is 1. The number of nitrogen functional groups attached to an aromatic ring is 1. The molecule has 2 aliphatic heterocycles. The van der Waals surface area contributed by atoms with E-state index in [-0.39, 0.29) is 37.1 Å². The standard InChI is InChI=1S/C13H19BN5O7P/c1-6(20)22-5-24-27(14)23-3-8-7(26-27)2-9(25-8)19-4-16-10-11(19)17-13(15)18-12(10)21/h4,7-9,27H,2-3,5,14H2,1H3,(H3,15,17,18,21)/t7-,8-,9-/m1/s1. The van der Waals surface area contributed by atoms with Crippen LogP contribution in [-0.2, 0) is 27.8 Å². The molecule has 3 N–H and O–H groups in total. The normalized spacial score (nSPS) is 28.0. The number of nitrogens with two attached hydrogens (primary N) is 1. The Balaban J connectivity index is 1.49. The summed E-state index contributed by atoms with van der Waals surface area (Å²) in [6, 6.07) is 0. The molecule has 0 bridgehead atoms. The molecule has 0 amide bonds. The summed E-state index contributed by atoms with van der Waals surface area (Å²) >= 11 is 0. The number of carbonyl (C=O) groups excluding carboxylic acids is 1. The number of anilines is 1. The van der Waals surface area contributed by atoms with E-state index in [1.165, 1.54) is 13.3 Å². The summed E-state index contributed by atoms with van der Waals surface area (Å²) < 4.78 is 29.7. The summed E-state index contributed by atoms with van der Waals surface area (Å²) in [5, 5.41) is 0. The average molecular weight is 399 g/mol. The number of hydrogen-bond acceptors (Lipinski definition) is 10. The first kappa shape index (κ1) is 18.3. The van der Waals surface area contributed by atoms with Gasteiger partial charge >= 0.3 is 153 Å². The van der Waals surface area contributed by atoms with Crippen LogP contribution >= 0.6 is 7.82 Å². The third-order valence-corrected chi connectivity index (χ3v) is 6.46. The summed E-state index contributed by atoms with van der Waals surface area (Å²) in [5.74, 6) is -0.442. The van der Waals surface area contributed by atoms with Gasteiger partial charge in [-0.15, -0.1) is 0 Å². The summed E-state index contributed by atoms with van der Waals surface area (Å²) in [4.78, 5) is 33.4. The zero-order valence-electron chi connectivity index (χ0n) is 14.7. The van der Waals surface area contributed by atoms with Gasteiger partial charge in [0.05, 0.1) is 0 Å². The molecule has 146 valence electrons. The zero-order valence-corrected chi connectivity index (χ0v) is 15.7. The third-order valence-electron chi connectivity index (χ3n) is 4.40. The van der Waals surface area contributed by atoms with Crippen molar-refractivity contribution >= 4 is 38.5 Å². The van der Waals surface area contributed by atoms with Crippen LogP contribution in [0, 0.1) is 0 Å². The predicted molar refractivity (Wildman–Crippen MR) is 96.5 cm³/mol. The summed E-state index contributed by atoms with van der Waals surface area (Å²) in [6.07, 6.45) is 0.975. The number of aromatic nitrogens is 4. The number of esters is 1. The number of rotatable bonds is 4. The van der Waals surface area contributed by atoms with Gasteiger partial charge in [-0.3, -0.25) is 0 Å². The van der Waals surface area contributed by atoms with Crippen LogP contribution in [0.3, 0.4) is 0 Å². The molecule has 0 radical (unpaired) electrons. The second-order valence-corrected chi connectivity index (χ2v) is 8.91. The first-order valence-corrected chi connectivity index (χ1v) is 10.5. The number of fused-ring (bicyclic) bond motifs is 2. The van der Waals surface area contributed by atoms with Crippen LogP contribution in [0.15, 0.2) is 11.1 Å². The van der Waals surface area contributed by atoms with E-state index >= 15 is 0 Å². The molecular formula is C13H19BN5O7P. The van der Waals surface area contributed by atoms with Crippen LogP contribution in [0.2, 0.25) is 0 Å². The molecule has 2 aromatic heterocycles.